The molecule has 156 valence electrons. The third-order valence-corrected chi connectivity index (χ3v) is 6.12. The van der Waals surface area contributed by atoms with Gasteiger partial charge in [-0.1, -0.05) is 54.6 Å². The number of carbonyl (C=O) groups is 2. The zero-order valence-corrected chi connectivity index (χ0v) is 16.6. The van der Waals surface area contributed by atoms with Crippen LogP contribution in [0.3, 0.4) is 0 Å². The quantitative estimate of drug-likeness (QED) is 0.566. The second kappa shape index (κ2) is 7.56. The molecule has 0 spiro atoms. The predicted octanol–water partition coefficient (Wildman–Crippen LogP) is 3.39. The number of carboxylic acid groups (broad SMARTS) is 1. The fraction of sp³-hybridized carbons (Fsp3) is 0.200. The Hall–Kier alpha value is -3.64. The smallest absolute Gasteiger partial charge is 0.327 e. The standard InChI is InChI=1S/C25H21NO5/c27-15-10-9-14-11-22(24(28)29)26-23(20(14)12-15)25(30)31-13-21-18-7-3-1-5-16(18)17-6-2-4-8-19(17)21/h1-10,12,21-23,26-27H,11,13H2,(H,28,29)/t22?,23-/m0/s1. The van der Waals surface area contributed by atoms with Gasteiger partial charge in [0.15, 0.2) is 0 Å². The van der Waals surface area contributed by atoms with Gasteiger partial charge in [0.25, 0.3) is 0 Å². The minimum absolute atomic E-state index is 0.0192. The Bertz CT molecular complexity index is 1140. The number of benzene rings is 3. The number of carbonyl (C=O) groups excluding carboxylic acids is 1. The first-order valence-electron chi connectivity index (χ1n) is 10.2. The summed E-state index contributed by atoms with van der Waals surface area (Å²) in [5, 5.41) is 22.2. The van der Waals surface area contributed by atoms with E-state index in [1.165, 1.54) is 12.1 Å². The molecule has 1 unspecified atom stereocenters. The molecule has 0 fully saturated rings. The number of nitrogens with one attached hydrogen (secondary N) is 1. The lowest BCUT2D eigenvalue weighted by Crippen LogP contribution is -2.47. The van der Waals surface area contributed by atoms with Gasteiger partial charge in [-0.05, 0) is 51.9 Å². The summed E-state index contributed by atoms with van der Waals surface area (Å²) in [4.78, 5) is 24.6. The van der Waals surface area contributed by atoms with Crippen molar-refractivity contribution in [2.75, 3.05) is 6.61 Å². The Morgan fingerprint density at radius 2 is 1.58 bits per heavy atom. The van der Waals surface area contributed by atoms with E-state index in [1.54, 1.807) is 6.07 Å². The van der Waals surface area contributed by atoms with E-state index >= 15 is 0 Å². The number of aromatic hydroxyl groups is 1. The highest BCUT2D eigenvalue weighted by Crippen LogP contribution is 2.44. The van der Waals surface area contributed by atoms with Crippen LogP contribution in [0.25, 0.3) is 11.1 Å². The summed E-state index contributed by atoms with van der Waals surface area (Å²) in [5.74, 6) is -1.65. The Balaban J connectivity index is 1.41. The van der Waals surface area contributed by atoms with E-state index in [1.807, 2.05) is 36.4 Å². The second-order valence-corrected chi connectivity index (χ2v) is 7.93. The Kier molecular flexibility index (Phi) is 4.71. The summed E-state index contributed by atoms with van der Waals surface area (Å²) in [7, 11) is 0. The molecular weight excluding hydrogens is 394 g/mol. The summed E-state index contributed by atoms with van der Waals surface area (Å²) in [6.07, 6.45) is 0.234. The fourth-order valence-corrected chi connectivity index (χ4v) is 4.65. The van der Waals surface area contributed by atoms with Crippen LogP contribution in [0.1, 0.15) is 34.2 Å². The maximum Gasteiger partial charge on any atom is 0.327 e. The lowest BCUT2D eigenvalue weighted by atomic mass is 9.90. The molecule has 0 saturated carbocycles. The monoisotopic (exact) mass is 415 g/mol. The van der Waals surface area contributed by atoms with E-state index < -0.39 is 24.0 Å². The normalized spacial score (nSPS) is 19.2. The van der Waals surface area contributed by atoms with Gasteiger partial charge in [0.2, 0.25) is 0 Å². The van der Waals surface area contributed by atoms with E-state index in [4.69, 9.17) is 4.74 Å². The van der Waals surface area contributed by atoms with Crippen LogP contribution in [-0.4, -0.2) is 34.8 Å². The minimum atomic E-state index is -1.03. The highest BCUT2D eigenvalue weighted by molar-refractivity contribution is 5.83. The summed E-state index contributed by atoms with van der Waals surface area (Å²) >= 11 is 0. The first kappa shape index (κ1) is 19.3. The van der Waals surface area contributed by atoms with Gasteiger partial charge < -0.3 is 14.9 Å². The number of ether oxygens (including phenoxy) is 1. The molecule has 6 heteroatoms. The zero-order valence-electron chi connectivity index (χ0n) is 16.6. The third kappa shape index (κ3) is 3.35. The topological polar surface area (TPSA) is 95.9 Å². The van der Waals surface area contributed by atoms with Gasteiger partial charge in [-0.3, -0.25) is 10.1 Å². The Morgan fingerprint density at radius 3 is 2.23 bits per heavy atom. The van der Waals surface area contributed by atoms with Crippen molar-refractivity contribution >= 4 is 11.9 Å². The van der Waals surface area contributed by atoms with E-state index in [2.05, 4.69) is 17.4 Å². The van der Waals surface area contributed by atoms with Gasteiger partial charge in [0, 0.05) is 5.92 Å². The molecular formula is C25H21NO5. The van der Waals surface area contributed by atoms with Gasteiger partial charge in [-0.2, -0.15) is 0 Å². The molecule has 3 aromatic rings. The van der Waals surface area contributed by atoms with Gasteiger partial charge >= 0.3 is 11.9 Å². The molecule has 0 amide bonds. The molecule has 3 aromatic carbocycles. The number of phenols is 1. The third-order valence-electron chi connectivity index (χ3n) is 6.12. The number of fused-ring (bicyclic) bond motifs is 4. The van der Waals surface area contributed by atoms with Crippen molar-refractivity contribution in [3.8, 4) is 16.9 Å². The first-order valence-corrected chi connectivity index (χ1v) is 10.2. The minimum Gasteiger partial charge on any atom is -0.508 e. The van der Waals surface area contributed by atoms with E-state index in [-0.39, 0.29) is 24.7 Å². The molecule has 31 heavy (non-hydrogen) atoms. The number of carboxylic acids is 1. The molecule has 0 aromatic heterocycles. The lowest BCUT2D eigenvalue weighted by Gasteiger charge is -2.30. The number of rotatable bonds is 4. The van der Waals surface area contributed by atoms with Crippen molar-refractivity contribution in [3.63, 3.8) is 0 Å². The van der Waals surface area contributed by atoms with Gasteiger partial charge in [0.1, 0.15) is 24.4 Å². The van der Waals surface area contributed by atoms with E-state index in [0.717, 1.165) is 22.3 Å². The average Bonchev–Trinajstić information content (AvgIpc) is 3.10. The van der Waals surface area contributed by atoms with Crippen LogP contribution in [0, 0.1) is 0 Å². The fourth-order valence-electron chi connectivity index (χ4n) is 4.65. The summed E-state index contributed by atoms with van der Waals surface area (Å²) in [6.45, 7) is 0.150. The van der Waals surface area contributed by atoms with Crippen molar-refractivity contribution in [3.05, 3.63) is 89.0 Å². The summed E-state index contributed by atoms with van der Waals surface area (Å²) < 4.78 is 5.73. The molecule has 5 rings (SSSR count). The largest absolute Gasteiger partial charge is 0.508 e. The second-order valence-electron chi connectivity index (χ2n) is 7.93. The van der Waals surface area contributed by atoms with Crippen molar-refractivity contribution in [1.82, 2.24) is 5.32 Å². The van der Waals surface area contributed by atoms with Crippen LogP contribution in [0.5, 0.6) is 5.75 Å². The van der Waals surface area contributed by atoms with Gasteiger partial charge in [0.05, 0.1) is 0 Å². The van der Waals surface area contributed by atoms with Crippen LogP contribution in [0.15, 0.2) is 66.7 Å². The highest BCUT2D eigenvalue weighted by Gasteiger charge is 2.36. The summed E-state index contributed by atoms with van der Waals surface area (Å²) in [6, 6.07) is 18.9. The van der Waals surface area contributed by atoms with Crippen molar-refractivity contribution in [2.24, 2.45) is 0 Å². The maximum atomic E-state index is 13.1. The molecule has 0 bridgehead atoms. The highest BCUT2D eigenvalue weighted by atomic mass is 16.5. The van der Waals surface area contributed by atoms with Crippen LogP contribution < -0.4 is 5.32 Å². The molecule has 3 N–H and O–H groups in total. The zero-order chi connectivity index (χ0) is 21.5. The molecule has 0 radical (unpaired) electrons. The van der Waals surface area contributed by atoms with Crippen molar-refractivity contribution < 1.29 is 24.5 Å². The summed E-state index contributed by atoms with van der Waals surface area (Å²) in [5.41, 5.74) is 5.74. The Morgan fingerprint density at radius 1 is 0.935 bits per heavy atom. The number of hydrogen-bond acceptors (Lipinski definition) is 5. The van der Waals surface area contributed by atoms with E-state index in [9.17, 15) is 19.8 Å². The molecule has 1 aliphatic carbocycles. The molecule has 1 heterocycles. The molecule has 1 aliphatic heterocycles. The van der Waals surface area contributed by atoms with Crippen molar-refractivity contribution in [1.29, 1.82) is 0 Å². The van der Waals surface area contributed by atoms with Crippen LogP contribution in [0.2, 0.25) is 0 Å². The molecule has 0 saturated heterocycles. The predicted molar refractivity (Wildman–Crippen MR) is 114 cm³/mol. The lowest BCUT2D eigenvalue weighted by molar-refractivity contribution is -0.148. The van der Waals surface area contributed by atoms with E-state index in [0.29, 0.717) is 11.1 Å². The van der Waals surface area contributed by atoms with Gasteiger partial charge in [-0.15, -0.1) is 0 Å². The maximum absolute atomic E-state index is 13.1. The first-order chi connectivity index (χ1) is 15.0. The SMILES string of the molecule is O=C(O)C1Cc2ccc(O)cc2[C@@H](C(=O)OCC2c3ccccc3-c3ccccc32)N1. The number of hydrogen-bond donors (Lipinski definition) is 3. The van der Waals surface area contributed by atoms with Crippen LogP contribution in [0.4, 0.5) is 0 Å². The number of aliphatic carboxylic acids is 1. The molecule has 6 nitrogen and oxygen atoms in total. The molecule has 2 aliphatic rings. The van der Waals surface area contributed by atoms with Crippen LogP contribution >= 0.6 is 0 Å². The number of esters is 1. The Labute approximate surface area is 179 Å². The van der Waals surface area contributed by atoms with Gasteiger partial charge in [-0.25, -0.2) is 4.79 Å². The molecule has 2 atom stereocenters. The number of phenolic OH excluding ortho intramolecular Hbond substituents is 1. The van der Waals surface area contributed by atoms with Crippen molar-refractivity contribution in [2.45, 2.75) is 24.4 Å². The average molecular weight is 415 g/mol. The van der Waals surface area contributed by atoms with Crippen LogP contribution in [-0.2, 0) is 20.7 Å².